The first kappa shape index (κ1) is 14.3. The van der Waals surface area contributed by atoms with Crippen LogP contribution in [0.25, 0.3) is 0 Å². The topological polar surface area (TPSA) is 55.6 Å². The van der Waals surface area contributed by atoms with Crippen molar-refractivity contribution in [3.8, 4) is 5.75 Å². The van der Waals surface area contributed by atoms with Crippen molar-refractivity contribution in [2.75, 3.05) is 13.2 Å². The highest BCUT2D eigenvalue weighted by molar-refractivity contribution is 7.80. The smallest absolute Gasteiger partial charge is 0.234 e. The molecule has 3 rings (SSSR count). The number of benzene rings is 1. The molecule has 1 fully saturated rings. The molecule has 112 valence electrons. The van der Waals surface area contributed by atoms with Gasteiger partial charge in [0, 0.05) is 11.6 Å². The number of carbonyl (C=O) groups excluding carboxylic acids is 1. The Kier molecular flexibility index (Phi) is 4.10. The Morgan fingerprint density at radius 3 is 2.76 bits per heavy atom. The number of nitrogens with zero attached hydrogens (tertiary/aromatic N) is 1. The van der Waals surface area contributed by atoms with E-state index in [4.69, 9.17) is 22.7 Å². The summed E-state index contributed by atoms with van der Waals surface area (Å²) >= 11 is 5.03. The zero-order valence-electron chi connectivity index (χ0n) is 12.0. The van der Waals surface area contributed by atoms with Crippen LogP contribution in [0.4, 0.5) is 0 Å². The molecule has 0 aromatic heterocycles. The third kappa shape index (κ3) is 2.88. The van der Waals surface area contributed by atoms with Gasteiger partial charge in [-0.15, -0.1) is 0 Å². The van der Waals surface area contributed by atoms with E-state index >= 15 is 0 Å². The van der Waals surface area contributed by atoms with Crippen molar-refractivity contribution < 1.29 is 9.53 Å². The fraction of sp³-hybridized carbons (Fsp3) is 0.500. The molecule has 1 amide bonds. The number of para-hydroxylation sites is 1. The molecule has 5 heteroatoms. The van der Waals surface area contributed by atoms with Gasteiger partial charge in [0.25, 0.3) is 0 Å². The molecule has 0 bridgehead atoms. The molecule has 1 aromatic rings. The maximum Gasteiger partial charge on any atom is 0.234 e. The predicted octanol–water partition coefficient (Wildman–Crippen LogP) is 2.22. The van der Waals surface area contributed by atoms with Crippen molar-refractivity contribution >= 4 is 23.1 Å². The minimum Gasteiger partial charge on any atom is -0.492 e. The van der Waals surface area contributed by atoms with Gasteiger partial charge in [-0.2, -0.15) is 0 Å². The fourth-order valence-electron chi connectivity index (χ4n) is 3.34. The van der Waals surface area contributed by atoms with Crippen molar-refractivity contribution in [1.82, 2.24) is 4.90 Å². The largest absolute Gasteiger partial charge is 0.492 e. The van der Waals surface area contributed by atoms with Crippen molar-refractivity contribution in [3.63, 3.8) is 0 Å². The highest BCUT2D eigenvalue weighted by atomic mass is 32.1. The van der Waals surface area contributed by atoms with Gasteiger partial charge in [0.1, 0.15) is 18.3 Å². The van der Waals surface area contributed by atoms with E-state index in [0.717, 1.165) is 24.2 Å². The monoisotopic (exact) mass is 304 g/mol. The molecule has 1 saturated carbocycles. The Labute approximate surface area is 130 Å². The standard InChI is InChI=1S/C16H20N2O2S/c17-15(21)9-18(11-5-1-2-6-11)16(19)13-10-20-14-8-4-3-7-12(13)14/h3-4,7-8,11,13H,1-2,5-6,9-10H2,(H2,17,21). The molecule has 4 nitrogen and oxygen atoms in total. The minimum atomic E-state index is -0.226. The quantitative estimate of drug-likeness (QED) is 0.867. The van der Waals surface area contributed by atoms with Crippen LogP contribution in [0.2, 0.25) is 0 Å². The molecule has 1 heterocycles. The van der Waals surface area contributed by atoms with Crippen LogP contribution in [0.3, 0.4) is 0 Å². The summed E-state index contributed by atoms with van der Waals surface area (Å²) in [6, 6.07) is 8.03. The first-order chi connectivity index (χ1) is 10.2. The molecule has 1 unspecified atom stereocenters. The van der Waals surface area contributed by atoms with Gasteiger partial charge in [-0.25, -0.2) is 0 Å². The van der Waals surface area contributed by atoms with Gasteiger partial charge < -0.3 is 15.4 Å². The molecule has 0 spiro atoms. The van der Waals surface area contributed by atoms with Crippen LogP contribution < -0.4 is 10.5 Å². The number of thiocarbonyl (C=S) groups is 1. The lowest BCUT2D eigenvalue weighted by molar-refractivity contribution is -0.134. The highest BCUT2D eigenvalue weighted by Gasteiger charge is 2.36. The van der Waals surface area contributed by atoms with E-state index in [-0.39, 0.29) is 17.9 Å². The van der Waals surface area contributed by atoms with Crippen LogP contribution in [-0.2, 0) is 4.79 Å². The van der Waals surface area contributed by atoms with Crippen LogP contribution in [0.1, 0.15) is 37.2 Å². The lowest BCUT2D eigenvalue weighted by Crippen LogP contribution is -2.46. The Morgan fingerprint density at radius 1 is 1.33 bits per heavy atom. The number of fused-ring (bicyclic) bond motifs is 1. The van der Waals surface area contributed by atoms with E-state index in [0.29, 0.717) is 18.1 Å². The molecule has 0 saturated heterocycles. The Hall–Kier alpha value is -1.62. The first-order valence-electron chi connectivity index (χ1n) is 7.47. The number of amides is 1. The molecular formula is C16H20N2O2S. The summed E-state index contributed by atoms with van der Waals surface area (Å²) in [6.45, 7) is 0.788. The zero-order valence-corrected chi connectivity index (χ0v) is 12.8. The zero-order chi connectivity index (χ0) is 14.8. The molecular weight excluding hydrogens is 284 g/mol. The van der Waals surface area contributed by atoms with E-state index in [1.807, 2.05) is 29.2 Å². The van der Waals surface area contributed by atoms with Crippen molar-refractivity contribution in [3.05, 3.63) is 29.8 Å². The first-order valence-corrected chi connectivity index (χ1v) is 7.88. The molecule has 1 aliphatic heterocycles. The number of ether oxygens (including phenoxy) is 1. The number of hydrogen-bond acceptors (Lipinski definition) is 3. The molecule has 2 aliphatic rings. The van der Waals surface area contributed by atoms with Crippen molar-refractivity contribution in [1.29, 1.82) is 0 Å². The number of hydrogen-bond donors (Lipinski definition) is 1. The van der Waals surface area contributed by atoms with Crippen LogP contribution in [0.15, 0.2) is 24.3 Å². The summed E-state index contributed by atoms with van der Waals surface area (Å²) in [5.74, 6) is 0.688. The SMILES string of the molecule is NC(=S)CN(C(=O)C1COc2ccccc21)C1CCCC1. The van der Waals surface area contributed by atoms with Crippen LogP contribution in [0, 0.1) is 0 Å². The number of carbonyl (C=O) groups is 1. The summed E-state index contributed by atoms with van der Waals surface area (Å²) in [7, 11) is 0. The molecule has 21 heavy (non-hydrogen) atoms. The number of rotatable bonds is 4. The summed E-state index contributed by atoms with van der Waals surface area (Å²) in [5.41, 5.74) is 6.68. The summed E-state index contributed by atoms with van der Waals surface area (Å²) in [5, 5.41) is 0. The summed E-state index contributed by atoms with van der Waals surface area (Å²) in [4.78, 5) is 15.2. The van der Waals surface area contributed by atoms with E-state index in [9.17, 15) is 4.79 Å². The molecule has 2 N–H and O–H groups in total. The summed E-state index contributed by atoms with van der Waals surface area (Å²) < 4.78 is 5.64. The Balaban J connectivity index is 1.82. The Morgan fingerprint density at radius 2 is 2.05 bits per heavy atom. The fourth-order valence-corrected chi connectivity index (χ4v) is 3.48. The third-order valence-electron chi connectivity index (χ3n) is 4.37. The average Bonchev–Trinajstić information content (AvgIpc) is 3.13. The van der Waals surface area contributed by atoms with Gasteiger partial charge in [0.15, 0.2) is 0 Å². The highest BCUT2D eigenvalue weighted by Crippen LogP contribution is 2.36. The lowest BCUT2D eigenvalue weighted by Gasteiger charge is -2.30. The van der Waals surface area contributed by atoms with Crippen molar-refractivity contribution in [2.45, 2.75) is 37.6 Å². The van der Waals surface area contributed by atoms with Gasteiger partial charge in [0.2, 0.25) is 5.91 Å². The van der Waals surface area contributed by atoms with Crippen LogP contribution in [0.5, 0.6) is 5.75 Å². The number of nitrogens with two attached hydrogens (primary N) is 1. The Bertz CT molecular complexity index is 555. The average molecular weight is 304 g/mol. The molecule has 0 radical (unpaired) electrons. The van der Waals surface area contributed by atoms with Crippen LogP contribution >= 0.6 is 12.2 Å². The van der Waals surface area contributed by atoms with Crippen molar-refractivity contribution in [2.24, 2.45) is 5.73 Å². The maximum absolute atomic E-state index is 13.0. The summed E-state index contributed by atoms with van der Waals surface area (Å²) in [6.07, 6.45) is 4.43. The van der Waals surface area contributed by atoms with Gasteiger partial charge in [-0.1, -0.05) is 43.3 Å². The lowest BCUT2D eigenvalue weighted by atomic mass is 9.98. The second-order valence-corrected chi connectivity index (χ2v) is 6.30. The van der Waals surface area contributed by atoms with E-state index in [1.54, 1.807) is 0 Å². The maximum atomic E-state index is 13.0. The molecule has 1 aromatic carbocycles. The second-order valence-electron chi connectivity index (χ2n) is 5.77. The molecule has 1 aliphatic carbocycles. The van der Waals surface area contributed by atoms with Gasteiger partial charge in [-0.3, -0.25) is 4.79 Å². The van der Waals surface area contributed by atoms with Gasteiger partial charge >= 0.3 is 0 Å². The normalized spacial score (nSPS) is 20.9. The third-order valence-corrected chi connectivity index (χ3v) is 4.50. The van der Waals surface area contributed by atoms with Gasteiger partial charge in [-0.05, 0) is 18.9 Å². The van der Waals surface area contributed by atoms with E-state index < -0.39 is 0 Å². The van der Waals surface area contributed by atoms with Crippen LogP contribution in [-0.4, -0.2) is 35.0 Å². The van der Waals surface area contributed by atoms with E-state index in [2.05, 4.69) is 0 Å². The minimum absolute atomic E-state index is 0.0969. The van der Waals surface area contributed by atoms with Gasteiger partial charge in [0.05, 0.1) is 11.5 Å². The molecule has 1 atom stereocenters. The van der Waals surface area contributed by atoms with E-state index in [1.165, 1.54) is 12.8 Å². The predicted molar refractivity (Wildman–Crippen MR) is 85.4 cm³/mol. The second kappa shape index (κ2) is 6.02.